The van der Waals surface area contributed by atoms with Crippen molar-refractivity contribution in [1.29, 1.82) is 0 Å². The van der Waals surface area contributed by atoms with Gasteiger partial charge in [0.05, 0.1) is 32.2 Å². The minimum absolute atomic E-state index is 0.00896. The summed E-state index contributed by atoms with van der Waals surface area (Å²) < 4.78 is 0. The number of carbonyl (C=O) groups excluding carboxylic acids is 2. The van der Waals surface area contributed by atoms with Crippen LogP contribution in [0.5, 0.6) is 0 Å². The molecular formula is C23H27ClN3O2+. The van der Waals surface area contributed by atoms with Crippen LogP contribution in [0, 0.1) is 5.41 Å². The van der Waals surface area contributed by atoms with Gasteiger partial charge >= 0.3 is 0 Å². The van der Waals surface area contributed by atoms with E-state index in [9.17, 15) is 9.59 Å². The number of benzene rings is 2. The van der Waals surface area contributed by atoms with Gasteiger partial charge < -0.3 is 4.90 Å². The van der Waals surface area contributed by atoms with Crippen LogP contribution in [0.25, 0.3) is 0 Å². The minimum Gasteiger partial charge on any atom is -0.339 e. The van der Waals surface area contributed by atoms with E-state index in [1.54, 1.807) is 42.6 Å². The summed E-state index contributed by atoms with van der Waals surface area (Å²) in [6.07, 6.45) is 1.69. The highest BCUT2D eigenvalue weighted by Crippen LogP contribution is 2.32. The first kappa shape index (κ1) is 21.2. The number of hydrogen-bond donors (Lipinski definition) is 1. The summed E-state index contributed by atoms with van der Waals surface area (Å²) in [6, 6.07) is 14.0. The van der Waals surface area contributed by atoms with Crippen LogP contribution < -0.4 is 9.80 Å². The number of imide groups is 1. The fourth-order valence-corrected chi connectivity index (χ4v) is 4.06. The van der Waals surface area contributed by atoms with Crippen molar-refractivity contribution < 1.29 is 14.5 Å². The maximum atomic E-state index is 13.3. The van der Waals surface area contributed by atoms with E-state index in [4.69, 9.17) is 11.6 Å². The van der Waals surface area contributed by atoms with Crippen molar-refractivity contribution in [1.82, 2.24) is 0 Å². The normalized spacial score (nSPS) is 17.3. The van der Waals surface area contributed by atoms with Gasteiger partial charge in [0.2, 0.25) is 5.91 Å². The van der Waals surface area contributed by atoms with Gasteiger partial charge in [-0.05, 0) is 29.8 Å². The summed E-state index contributed by atoms with van der Waals surface area (Å²) in [7, 11) is 4.22. The van der Waals surface area contributed by atoms with Crippen LogP contribution in [0.4, 0.5) is 5.69 Å². The monoisotopic (exact) mass is 412 g/mol. The van der Waals surface area contributed by atoms with Crippen molar-refractivity contribution in [3.8, 4) is 0 Å². The molecule has 0 radical (unpaired) electrons. The number of halogens is 1. The maximum absolute atomic E-state index is 13.3. The number of aliphatic imine (C=N–C) groups is 1. The van der Waals surface area contributed by atoms with Crippen LogP contribution in [0.1, 0.15) is 35.7 Å². The van der Waals surface area contributed by atoms with Gasteiger partial charge in [-0.3, -0.25) is 14.6 Å². The second kappa shape index (κ2) is 8.47. The molecule has 0 bridgehead atoms. The van der Waals surface area contributed by atoms with E-state index in [-0.39, 0.29) is 17.2 Å². The lowest BCUT2D eigenvalue weighted by molar-refractivity contribution is -0.865. The summed E-state index contributed by atoms with van der Waals surface area (Å²) >= 11 is 6.09. The van der Waals surface area contributed by atoms with E-state index in [1.807, 2.05) is 12.1 Å². The van der Waals surface area contributed by atoms with E-state index in [0.717, 1.165) is 6.54 Å². The predicted molar refractivity (Wildman–Crippen MR) is 117 cm³/mol. The topological polar surface area (TPSA) is 54.2 Å². The number of carbonyl (C=O) groups is 2. The number of rotatable bonds is 6. The maximum Gasteiger partial charge on any atom is 0.265 e. The average Bonchev–Trinajstić information content (AvgIpc) is 2.63. The molecule has 0 aromatic heterocycles. The van der Waals surface area contributed by atoms with E-state index >= 15 is 0 Å². The first-order valence-electron chi connectivity index (χ1n) is 9.71. The Labute approximate surface area is 177 Å². The third-order valence-electron chi connectivity index (χ3n) is 4.89. The predicted octanol–water partition coefficient (Wildman–Crippen LogP) is 2.85. The van der Waals surface area contributed by atoms with Crippen LogP contribution in [0.2, 0.25) is 5.02 Å². The lowest BCUT2D eigenvalue weighted by Gasteiger charge is -2.31. The Hall–Kier alpha value is -2.50. The Morgan fingerprint density at radius 1 is 1.14 bits per heavy atom. The molecule has 1 aliphatic heterocycles. The zero-order valence-electron chi connectivity index (χ0n) is 17.3. The standard InChI is InChI=1S/C23H26ClN3O2/c1-23(2,15-26(3)4)14-25-13-20-18-10-5-6-11-19(18)21(28)27(22(20)29)17-9-7-8-16(24)12-17/h5-13,20H,14-15H2,1-4H3/p+1. The molecule has 1 heterocycles. The fourth-order valence-electron chi connectivity index (χ4n) is 3.88. The quantitative estimate of drug-likeness (QED) is 0.586. The lowest BCUT2D eigenvalue weighted by atomic mass is 9.88. The molecule has 6 heteroatoms. The Balaban J connectivity index is 1.95. The van der Waals surface area contributed by atoms with Crippen LogP contribution in [0.15, 0.2) is 53.5 Å². The Bertz CT molecular complexity index is 953. The van der Waals surface area contributed by atoms with Crippen molar-refractivity contribution >= 4 is 35.3 Å². The highest BCUT2D eigenvalue weighted by Gasteiger charge is 2.38. The Morgan fingerprint density at radius 3 is 2.55 bits per heavy atom. The molecule has 1 unspecified atom stereocenters. The van der Waals surface area contributed by atoms with E-state index < -0.39 is 5.92 Å². The molecule has 1 aliphatic rings. The zero-order valence-corrected chi connectivity index (χ0v) is 18.0. The highest BCUT2D eigenvalue weighted by molar-refractivity contribution is 6.32. The van der Waals surface area contributed by atoms with Crippen molar-refractivity contribution in [2.24, 2.45) is 10.4 Å². The first-order chi connectivity index (χ1) is 13.7. The summed E-state index contributed by atoms with van der Waals surface area (Å²) in [4.78, 5) is 33.5. The lowest BCUT2D eigenvalue weighted by Crippen LogP contribution is -3.07. The van der Waals surface area contributed by atoms with Gasteiger partial charge in [0.25, 0.3) is 5.91 Å². The number of fused-ring (bicyclic) bond motifs is 1. The van der Waals surface area contributed by atoms with E-state index in [0.29, 0.717) is 28.4 Å². The van der Waals surface area contributed by atoms with Gasteiger partial charge in [0, 0.05) is 28.8 Å². The Kier molecular flexibility index (Phi) is 6.20. The smallest absolute Gasteiger partial charge is 0.265 e. The number of nitrogens with zero attached hydrogens (tertiary/aromatic N) is 2. The molecule has 1 N–H and O–H groups in total. The van der Waals surface area contributed by atoms with Gasteiger partial charge in [-0.1, -0.05) is 49.7 Å². The summed E-state index contributed by atoms with van der Waals surface area (Å²) in [5.41, 5.74) is 1.69. The SMILES string of the molecule is C[NH+](C)CC(C)(C)CN=CC1C(=O)N(c2cccc(Cl)c2)C(=O)c2ccccc21. The molecule has 152 valence electrons. The largest absolute Gasteiger partial charge is 0.339 e. The summed E-state index contributed by atoms with van der Waals surface area (Å²) in [5.74, 6) is -1.25. The van der Waals surface area contributed by atoms with Crippen LogP contribution in [0.3, 0.4) is 0 Å². The molecule has 0 spiro atoms. The van der Waals surface area contributed by atoms with Gasteiger partial charge in [0.1, 0.15) is 0 Å². The molecule has 0 saturated carbocycles. The molecule has 0 saturated heterocycles. The number of anilines is 1. The number of hydrogen-bond acceptors (Lipinski definition) is 3. The number of quaternary nitrogens is 1. The van der Waals surface area contributed by atoms with Crippen molar-refractivity contribution in [3.63, 3.8) is 0 Å². The highest BCUT2D eigenvalue weighted by atomic mass is 35.5. The van der Waals surface area contributed by atoms with Gasteiger partial charge in [-0.25, -0.2) is 4.90 Å². The molecule has 3 rings (SSSR count). The molecule has 5 nitrogen and oxygen atoms in total. The molecule has 0 aliphatic carbocycles. The third-order valence-corrected chi connectivity index (χ3v) is 5.12. The average molecular weight is 413 g/mol. The zero-order chi connectivity index (χ0) is 21.2. The Morgan fingerprint density at radius 2 is 1.86 bits per heavy atom. The minimum atomic E-state index is -0.606. The molecule has 1 atom stereocenters. The molecule has 2 aromatic carbocycles. The third kappa shape index (κ3) is 4.74. The first-order valence-corrected chi connectivity index (χ1v) is 10.1. The molecule has 0 fully saturated rings. The summed E-state index contributed by atoms with van der Waals surface area (Å²) in [5, 5.41) is 0.472. The van der Waals surface area contributed by atoms with E-state index in [1.165, 1.54) is 9.80 Å². The summed E-state index contributed by atoms with van der Waals surface area (Å²) in [6.45, 7) is 5.90. The van der Waals surface area contributed by atoms with Gasteiger partial charge in [-0.15, -0.1) is 0 Å². The van der Waals surface area contributed by atoms with Crippen molar-refractivity contribution in [2.75, 3.05) is 32.1 Å². The molecule has 2 aromatic rings. The van der Waals surface area contributed by atoms with Gasteiger partial charge in [-0.2, -0.15) is 0 Å². The fraction of sp³-hybridized carbons (Fsp3) is 0.348. The molecule has 2 amide bonds. The van der Waals surface area contributed by atoms with Crippen molar-refractivity contribution in [2.45, 2.75) is 19.8 Å². The number of nitrogens with one attached hydrogen (secondary N) is 1. The van der Waals surface area contributed by atoms with Crippen LogP contribution in [-0.4, -0.2) is 45.2 Å². The second-order valence-electron chi connectivity index (χ2n) is 8.56. The van der Waals surface area contributed by atoms with Crippen molar-refractivity contribution in [3.05, 3.63) is 64.7 Å². The number of amides is 2. The van der Waals surface area contributed by atoms with Crippen LogP contribution >= 0.6 is 11.6 Å². The van der Waals surface area contributed by atoms with Crippen LogP contribution in [-0.2, 0) is 4.79 Å². The molecular weight excluding hydrogens is 386 g/mol. The van der Waals surface area contributed by atoms with Gasteiger partial charge in [0.15, 0.2) is 0 Å². The molecule has 29 heavy (non-hydrogen) atoms. The van der Waals surface area contributed by atoms with E-state index in [2.05, 4.69) is 32.9 Å². The second-order valence-corrected chi connectivity index (χ2v) is 9.00.